The number of hydrogen-bond donors (Lipinski definition) is 1. The van der Waals surface area contributed by atoms with Crippen molar-refractivity contribution < 1.29 is 9.59 Å². The lowest BCUT2D eigenvalue weighted by atomic mass is 9.94. The predicted molar refractivity (Wildman–Crippen MR) is 131 cm³/mol. The molecular formula is C29H25NO2. The van der Waals surface area contributed by atoms with Gasteiger partial charge in [0.2, 0.25) is 5.78 Å². The van der Waals surface area contributed by atoms with Crippen LogP contribution in [0.4, 0.5) is 5.69 Å². The van der Waals surface area contributed by atoms with Crippen molar-refractivity contribution in [1.29, 1.82) is 0 Å². The van der Waals surface area contributed by atoms with E-state index in [2.05, 4.69) is 11.4 Å². The van der Waals surface area contributed by atoms with E-state index in [1.54, 1.807) is 0 Å². The van der Waals surface area contributed by atoms with Crippen molar-refractivity contribution >= 4 is 17.4 Å². The molecule has 0 aliphatic carbocycles. The zero-order valence-electron chi connectivity index (χ0n) is 18.3. The molecule has 0 spiro atoms. The maximum absolute atomic E-state index is 12.9. The third-order valence-electron chi connectivity index (χ3n) is 5.46. The number of Topliss-reactive ketones (excluding diaryl/α,β-unsaturated/α-hetero) is 1. The molecule has 3 heteroatoms. The summed E-state index contributed by atoms with van der Waals surface area (Å²) in [6, 6.07) is 31.5. The van der Waals surface area contributed by atoms with E-state index in [0.717, 1.165) is 38.9 Å². The number of carbonyl (C=O) groups excluding carboxylic acids is 2. The van der Waals surface area contributed by atoms with Crippen LogP contribution < -0.4 is 5.32 Å². The minimum atomic E-state index is -0.606. The zero-order chi connectivity index (χ0) is 22.5. The van der Waals surface area contributed by atoms with Gasteiger partial charge in [-0.2, -0.15) is 0 Å². The number of benzene rings is 4. The first-order valence-corrected chi connectivity index (χ1v) is 10.7. The normalized spacial score (nSPS) is 10.6. The summed E-state index contributed by atoms with van der Waals surface area (Å²) in [5, 5.41) is 2.84. The smallest absolute Gasteiger partial charge is 0.292 e. The molecule has 0 aliphatic rings. The lowest BCUT2D eigenvalue weighted by molar-refractivity contribution is -0.134. The van der Waals surface area contributed by atoms with Gasteiger partial charge in [-0.25, -0.2) is 0 Å². The zero-order valence-corrected chi connectivity index (χ0v) is 18.3. The van der Waals surface area contributed by atoms with E-state index in [0.29, 0.717) is 5.69 Å². The Morgan fingerprint density at radius 2 is 1.19 bits per heavy atom. The standard InChI is InChI=1S/C29H25NO2/c1-20-13-15-24(25(17-20)22-9-5-3-6-10-22)19-28(31)29(32)30-27-16-14-21(2)18-26(27)23-11-7-4-8-12-23/h3-18H,19H2,1-2H3,(H,30,32). The SMILES string of the molecule is Cc1ccc(CC(=O)C(=O)Nc2ccc(C)cc2-c2ccccc2)c(-c2ccccc2)c1. The molecule has 0 bridgehead atoms. The number of anilines is 1. The molecule has 0 heterocycles. The van der Waals surface area contributed by atoms with Gasteiger partial charge in [-0.3, -0.25) is 9.59 Å². The first-order valence-electron chi connectivity index (χ1n) is 10.7. The van der Waals surface area contributed by atoms with Crippen LogP contribution in [0.2, 0.25) is 0 Å². The molecule has 0 unspecified atom stereocenters. The largest absolute Gasteiger partial charge is 0.319 e. The molecule has 158 valence electrons. The van der Waals surface area contributed by atoms with Gasteiger partial charge in [-0.05, 0) is 48.2 Å². The second-order valence-electron chi connectivity index (χ2n) is 8.00. The van der Waals surface area contributed by atoms with Crippen molar-refractivity contribution in [2.24, 2.45) is 0 Å². The maximum atomic E-state index is 12.9. The van der Waals surface area contributed by atoms with Gasteiger partial charge in [0.1, 0.15) is 0 Å². The number of ketones is 1. The van der Waals surface area contributed by atoms with Crippen molar-refractivity contribution in [3.63, 3.8) is 0 Å². The minimum absolute atomic E-state index is 0.0445. The van der Waals surface area contributed by atoms with Crippen LogP contribution in [-0.2, 0) is 16.0 Å². The number of nitrogens with one attached hydrogen (secondary N) is 1. The Balaban J connectivity index is 1.58. The van der Waals surface area contributed by atoms with E-state index in [1.807, 2.05) is 105 Å². The summed E-state index contributed by atoms with van der Waals surface area (Å²) in [5.41, 5.74) is 7.56. The highest BCUT2D eigenvalue weighted by Crippen LogP contribution is 2.29. The molecule has 1 amide bonds. The molecular weight excluding hydrogens is 394 g/mol. The van der Waals surface area contributed by atoms with Gasteiger partial charge in [-0.15, -0.1) is 0 Å². The first kappa shape index (κ1) is 21.3. The van der Waals surface area contributed by atoms with Crippen molar-refractivity contribution in [1.82, 2.24) is 0 Å². The Morgan fingerprint density at radius 3 is 1.81 bits per heavy atom. The number of aryl methyl sites for hydroxylation is 2. The highest BCUT2D eigenvalue weighted by atomic mass is 16.2. The summed E-state index contributed by atoms with van der Waals surface area (Å²) >= 11 is 0. The van der Waals surface area contributed by atoms with Crippen LogP contribution in [0.1, 0.15) is 16.7 Å². The van der Waals surface area contributed by atoms with Gasteiger partial charge < -0.3 is 5.32 Å². The van der Waals surface area contributed by atoms with Gasteiger partial charge in [0.25, 0.3) is 5.91 Å². The Hall–Kier alpha value is -3.98. The van der Waals surface area contributed by atoms with E-state index >= 15 is 0 Å². The highest BCUT2D eigenvalue weighted by molar-refractivity contribution is 6.41. The molecule has 4 aromatic rings. The molecule has 0 saturated carbocycles. The van der Waals surface area contributed by atoms with Crippen LogP contribution in [0.25, 0.3) is 22.3 Å². The highest BCUT2D eigenvalue weighted by Gasteiger charge is 2.18. The summed E-state index contributed by atoms with van der Waals surface area (Å²) in [4.78, 5) is 25.7. The van der Waals surface area contributed by atoms with Gasteiger partial charge in [0, 0.05) is 17.7 Å². The van der Waals surface area contributed by atoms with Crippen molar-refractivity contribution in [2.75, 3.05) is 5.32 Å². The van der Waals surface area contributed by atoms with E-state index < -0.39 is 11.7 Å². The van der Waals surface area contributed by atoms with E-state index in [9.17, 15) is 9.59 Å². The molecule has 0 atom stereocenters. The molecule has 0 fully saturated rings. The quantitative estimate of drug-likeness (QED) is 0.368. The van der Waals surface area contributed by atoms with Crippen LogP contribution in [0.5, 0.6) is 0 Å². The molecule has 0 aromatic heterocycles. The average Bonchev–Trinajstić information content (AvgIpc) is 2.82. The fourth-order valence-electron chi connectivity index (χ4n) is 3.80. The Kier molecular flexibility index (Phi) is 6.27. The maximum Gasteiger partial charge on any atom is 0.292 e. The minimum Gasteiger partial charge on any atom is -0.319 e. The van der Waals surface area contributed by atoms with Crippen LogP contribution in [0.15, 0.2) is 97.1 Å². The summed E-state index contributed by atoms with van der Waals surface area (Å²) < 4.78 is 0. The Labute approximate surface area is 188 Å². The van der Waals surface area contributed by atoms with Crippen LogP contribution >= 0.6 is 0 Å². The third-order valence-corrected chi connectivity index (χ3v) is 5.46. The first-order chi connectivity index (χ1) is 15.5. The number of carbonyl (C=O) groups is 2. The second-order valence-corrected chi connectivity index (χ2v) is 8.00. The van der Waals surface area contributed by atoms with Crippen molar-refractivity contribution in [2.45, 2.75) is 20.3 Å². The molecule has 0 saturated heterocycles. The summed E-state index contributed by atoms with van der Waals surface area (Å²) in [6.07, 6.45) is 0.0445. The summed E-state index contributed by atoms with van der Waals surface area (Å²) in [7, 11) is 0. The Morgan fingerprint density at radius 1 is 0.656 bits per heavy atom. The average molecular weight is 420 g/mol. The topological polar surface area (TPSA) is 46.2 Å². The molecule has 32 heavy (non-hydrogen) atoms. The van der Waals surface area contributed by atoms with Crippen LogP contribution in [0.3, 0.4) is 0 Å². The van der Waals surface area contributed by atoms with Crippen LogP contribution in [0, 0.1) is 13.8 Å². The van der Waals surface area contributed by atoms with Crippen molar-refractivity contribution in [3.05, 3.63) is 114 Å². The van der Waals surface area contributed by atoms with E-state index in [1.165, 1.54) is 0 Å². The lowest BCUT2D eigenvalue weighted by Gasteiger charge is -2.13. The van der Waals surface area contributed by atoms with Gasteiger partial charge >= 0.3 is 0 Å². The number of amides is 1. The number of rotatable bonds is 6. The summed E-state index contributed by atoms with van der Waals surface area (Å²) in [6.45, 7) is 4.03. The lowest BCUT2D eigenvalue weighted by Crippen LogP contribution is -2.25. The van der Waals surface area contributed by atoms with Crippen LogP contribution in [-0.4, -0.2) is 11.7 Å². The van der Waals surface area contributed by atoms with Gasteiger partial charge in [0.05, 0.1) is 0 Å². The molecule has 1 N–H and O–H groups in total. The number of hydrogen-bond acceptors (Lipinski definition) is 2. The summed E-state index contributed by atoms with van der Waals surface area (Å²) in [5.74, 6) is -1.07. The fraction of sp³-hybridized carbons (Fsp3) is 0.103. The van der Waals surface area contributed by atoms with Gasteiger partial charge in [-0.1, -0.05) is 96.1 Å². The molecule has 0 radical (unpaired) electrons. The Bertz CT molecular complexity index is 1160. The molecule has 3 nitrogen and oxygen atoms in total. The monoisotopic (exact) mass is 419 g/mol. The van der Waals surface area contributed by atoms with Gasteiger partial charge in [0.15, 0.2) is 0 Å². The molecule has 0 aliphatic heterocycles. The second kappa shape index (κ2) is 9.44. The predicted octanol–water partition coefficient (Wildman–Crippen LogP) is 6.39. The van der Waals surface area contributed by atoms with Crippen molar-refractivity contribution in [3.8, 4) is 22.3 Å². The van der Waals surface area contributed by atoms with E-state index in [4.69, 9.17) is 0 Å². The third kappa shape index (κ3) is 4.84. The molecule has 4 rings (SSSR count). The molecule has 4 aromatic carbocycles. The van der Waals surface area contributed by atoms with E-state index in [-0.39, 0.29) is 6.42 Å². The fourth-order valence-corrected chi connectivity index (χ4v) is 3.80.